The second kappa shape index (κ2) is 7.21. The van der Waals surface area contributed by atoms with Crippen LogP contribution < -0.4 is 11.1 Å². The largest absolute Gasteiger partial charge is 0.368 e. The summed E-state index contributed by atoms with van der Waals surface area (Å²) in [5.74, 6) is 0.728. The number of primary amides is 1. The number of carbonyl (C=O) groups excluding carboxylic acids is 1. The van der Waals surface area contributed by atoms with Crippen LogP contribution in [0, 0.1) is 0 Å². The molecule has 4 heteroatoms. The van der Waals surface area contributed by atoms with Gasteiger partial charge >= 0.3 is 0 Å². The van der Waals surface area contributed by atoms with Crippen LogP contribution in [0.5, 0.6) is 0 Å². The number of nitrogens with one attached hydrogen (secondary N) is 1. The summed E-state index contributed by atoms with van der Waals surface area (Å²) in [5, 5.41) is 3.21. The monoisotopic (exact) mass is 204 g/mol. The van der Waals surface area contributed by atoms with Gasteiger partial charge in [-0.1, -0.05) is 6.92 Å². The fraction of sp³-hybridized carbons (Fsp3) is 0.889. The van der Waals surface area contributed by atoms with Crippen LogP contribution in [0.3, 0.4) is 0 Å². The SMILES string of the molecule is CCC(C)NC(CCSC)C(N)=O. The fourth-order valence-corrected chi connectivity index (χ4v) is 1.48. The number of hydrogen-bond donors (Lipinski definition) is 2. The molecular weight excluding hydrogens is 184 g/mol. The Balaban J connectivity index is 3.87. The minimum absolute atomic E-state index is 0.164. The molecule has 3 N–H and O–H groups in total. The molecule has 0 aliphatic rings. The summed E-state index contributed by atoms with van der Waals surface area (Å²) in [7, 11) is 0. The molecule has 0 heterocycles. The average molecular weight is 204 g/mol. The molecule has 0 bridgehead atoms. The number of carbonyl (C=O) groups is 1. The predicted octanol–water partition coefficient (Wildman–Crippen LogP) is 0.981. The van der Waals surface area contributed by atoms with Gasteiger partial charge in [-0.3, -0.25) is 4.79 Å². The lowest BCUT2D eigenvalue weighted by Crippen LogP contribution is -2.45. The van der Waals surface area contributed by atoms with E-state index in [0.29, 0.717) is 6.04 Å². The lowest BCUT2D eigenvalue weighted by molar-refractivity contribution is -0.120. The van der Waals surface area contributed by atoms with E-state index < -0.39 is 0 Å². The lowest BCUT2D eigenvalue weighted by Gasteiger charge is -2.19. The van der Waals surface area contributed by atoms with Crippen LogP contribution in [-0.2, 0) is 4.79 Å². The van der Waals surface area contributed by atoms with E-state index in [4.69, 9.17) is 5.73 Å². The summed E-state index contributed by atoms with van der Waals surface area (Å²) < 4.78 is 0. The highest BCUT2D eigenvalue weighted by Gasteiger charge is 2.15. The van der Waals surface area contributed by atoms with Gasteiger partial charge in [0.05, 0.1) is 6.04 Å². The molecule has 2 unspecified atom stereocenters. The van der Waals surface area contributed by atoms with Gasteiger partial charge in [-0.2, -0.15) is 11.8 Å². The second-order valence-electron chi connectivity index (χ2n) is 3.21. The Hall–Kier alpha value is -0.220. The maximum absolute atomic E-state index is 11.0. The zero-order valence-electron chi connectivity index (χ0n) is 8.67. The number of hydrogen-bond acceptors (Lipinski definition) is 3. The van der Waals surface area contributed by atoms with E-state index in [9.17, 15) is 4.79 Å². The van der Waals surface area contributed by atoms with Gasteiger partial charge < -0.3 is 11.1 Å². The Labute approximate surface area is 84.8 Å². The molecule has 0 aliphatic heterocycles. The quantitative estimate of drug-likeness (QED) is 0.650. The van der Waals surface area contributed by atoms with Crippen LogP contribution in [-0.4, -0.2) is 30.0 Å². The van der Waals surface area contributed by atoms with Crippen molar-refractivity contribution in [2.45, 2.75) is 38.8 Å². The van der Waals surface area contributed by atoms with Crippen molar-refractivity contribution in [1.82, 2.24) is 5.32 Å². The summed E-state index contributed by atoms with van der Waals surface area (Å²) in [4.78, 5) is 11.0. The van der Waals surface area contributed by atoms with Crippen LogP contribution in [0.25, 0.3) is 0 Å². The number of thioether (sulfide) groups is 1. The third-order valence-corrected chi connectivity index (χ3v) is 2.70. The summed E-state index contributed by atoms with van der Waals surface area (Å²) in [6.45, 7) is 4.15. The Kier molecular flexibility index (Phi) is 7.09. The first-order valence-electron chi connectivity index (χ1n) is 4.66. The third-order valence-electron chi connectivity index (χ3n) is 2.05. The molecular formula is C9H20N2OS. The van der Waals surface area contributed by atoms with Crippen molar-refractivity contribution >= 4 is 17.7 Å². The molecule has 0 spiro atoms. The van der Waals surface area contributed by atoms with Crippen LogP contribution in [0.15, 0.2) is 0 Å². The molecule has 0 aromatic carbocycles. The molecule has 3 nitrogen and oxygen atoms in total. The fourth-order valence-electron chi connectivity index (χ4n) is 1.00. The first-order chi connectivity index (χ1) is 6.11. The highest BCUT2D eigenvalue weighted by atomic mass is 32.2. The zero-order valence-corrected chi connectivity index (χ0v) is 9.49. The Morgan fingerprint density at radius 3 is 2.62 bits per heavy atom. The van der Waals surface area contributed by atoms with Crippen LogP contribution in [0.1, 0.15) is 26.7 Å². The second-order valence-corrected chi connectivity index (χ2v) is 4.20. The molecule has 2 atom stereocenters. The molecule has 78 valence electrons. The number of nitrogens with two attached hydrogens (primary N) is 1. The van der Waals surface area contributed by atoms with Gasteiger partial charge in [-0.25, -0.2) is 0 Å². The van der Waals surface area contributed by atoms with Crippen molar-refractivity contribution in [2.24, 2.45) is 5.73 Å². The number of amides is 1. The maximum Gasteiger partial charge on any atom is 0.234 e. The van der Waals surface area contributed by atoms with Crippen LogP contribution >= 0.6 is 11.8 Å². The zero-order chi connectivity index (χ0) is 10.3. The van der Waals surface area contributed by atoms with Gasteiger partial charge in [-0.15, -0.1) is 0 Å². The van der Waals surface area contributed by atoms with Gasteiger partial charge in [0.25, 0.3) is 0 Å². The average Bonchev–Trinajstić information content (AvgIpc) is 2.11. The first kappa shape index (κ1) is 12.8. The molecule has 0 aromatic heterocycles. The van der Waals surface area contributed by atoms with Crippen molar-refractivity contribution in [3.8, 4) is 0 Å². The molecule has 0 aromatic rings. The minimum atomic E-state index is -0.241. The van der Waals surface area contributed by atoms with Gasteiger partial charge in [0.15, 0.2) is 0 Å². The van der Waals surface area contributed by atoms with E-state index in [0.717, 1.165) is 18.6 Å². The smallest absolute Gasteiger partial charge is 0.234 e. The van der Waals surface area contributed by atoms with E-state index in [1.165, 1.54) is 0 Å². The standard InChI is InChI=1S/C9H20N2OS/c1-4-7(2)11-8(9(10)12)5-6-13-3/h7-8,11H,4-6H2,1-3H3,(H2,10,12). The van der Waals surface area contributed by atoms with Gasteiger partial charge in [-0.05, 0) is 31.8 Å². The van der Waals surface area contributed by atoms with Crippen LogP contribution in [0.4, 0.5) is 0 Å². The van der Waals surface area contributed by atoms with Crippen molar-refractivity contribution < 1.29 is 4.79 Å². The van der Waals surface area contributed by atoms with Crippen molar-refractivity contribution in [3.05, 3.63) is 0 Å². The van der Waals surface area contributed by atoms with Crippen molar-refractivity contribution in [3.63, 3.8) is 0 Å². The summed E-state index contributed by atoms with van der Waals surface area (Å²) >= 11 is 1.73. The Bertz CT molecular complexity index is 153. The van der Waals surface area contributed by atoms with E-state index >= 15 is 0 Å². The Morgan fingerprint density at radius 2 is 2.23 bits per heavy atom. The molecule has 0 rings (SSSR count). The molecule has 13 heavy (non-hydrogen) atoms. The Morgan fingerprint density at radius 1 is 1.62 bits per heavy atom. The third kappa shape index (κ3) is 5.93. The molecule has 0 saturated heterocycles. The van der Waals surface area contributed by atoms with Gasteiger partial charge in [0, 0.05) is 6.04 Å². The van der Waals surface area contributed by atoms with E-state index in [-0.39, 0.29) is 11.9 Å². The van der Waals surface area contributed by atoms with Gasteiger partial charge in [0.1, 0.15) is 0 Å². The molecule has 0 saturated carbocycles. The molecule has 0 radical (unpaired) electrons. The topological polar surface area (TPSA) is 55.1 Å². The van der Waals surface area contributed by atoms with E-state index in [2.05, 4.69) is 19.2 Å². The predicted molar refractivity (Wildman–Crippen MR) is 58.9 cm³/mol. The molecule has 0 aliphatic carbocycles. The maximum atomic E-state index is 11.0. The summed E-state index contributed by atoms with van der Waals surface area (Å²) in [6, 6.07) is 0.196. The molecule has 0 fully saturated rings. The number of rotatable bonds is 7. The van der Waals surface area contributed by atoms with Crippen molar-refractivity contribution in [2.75, 3.05) is 12.0 Å². The minimum Gasteiger partial charge on any atom is -0.368 e. The van der Waals surface area contributed by atoms with Crippen molar-refractivity contribution in [1.29, 1.82) is 0 Å². The van der Waals surface area contributed by atoms with Crippen LogP contribution in [0.2, 0.25) is 0 Å². The summed E-state index contributed by atoms with van der Waals surface area (Å²) in [6.07, 6.45) is 3.87. The normalized spacial score (nSPS) is 15.3. The molecule has 1 amide bonds. The van der Waals surface area contributed by atoms with E-state index in [1.807, 2.05) is 6.26 Å². The van der Waals surface area contributed by atoms with Gasteiger partial charge in [0.2, 0.25) is 5.91 Å². The van der Waals surface area contributed by atoms with E-state index in [1.54, 1.807) is 11.8 Å². The summed E-state index contributed by atoms with van der Waals surface area (Å²) in [5.41, 5.74) is 5.27. The lowest BCUT2D eigenvalue weighted by atomic mass is 10.1. The highest BCUT2D eigenvalue weighted by molar-refractivity contribution is 7.98. The highest BCUT2D eigenvalue weighted by Crippen LogP contribution is 2.02. The first-order valence-corrected chi connectivity index (χ1v) is 6.05.